The molecule has 0 bridgehead atoms. The largest absolute Gasteiger partial charge is 0.353 e. The van der Waals surface area contributed by atoms with Gasteiger partial charge in [-0.15, -0.1) is 21.5 Å². The minimum Gasteiger partial charge on any atom is -0.353 e. The van der Waals surface area contributed by atoms with Gasteiger partial charge in [0.15, 0.2) is 11.6 Å². The van der Waals surface area contributed by atoms with E-state index in [1.54, 1.807) is 16.0 Å². The van der Waals surface area contributed by atoms with Crippen LogP contribution in [0.4, 0.5) is 11.6 Å². The Balaban J connectivity index is 1.30. The molecular formula is C19H19N7S. The minimum absolute atomic E-state index is 0.735. The monoisotopic (exact) mass is 377 g/mol. The van der Waals surface area contributed by atoms with Gasteiger partial charge in [0, 0.05) is 48.7 Å². The number of piperazine rings is 1. The maximum atomic E-state index is 4.62. The summed E-state index contributed by atoms with van der Waals surface area (Å²) in [5, 5.41) is 16.5. The van der Waals surface area contributed by atoms with E-state index in [1.807, 2.05) is 37.5 Å². The summed E-state index contributed by atoms with van der Waals surface area (Å²) in [6, 6.07) is 10.2. The van der Waals surface area contributed by atoms with Crippen LogP contribution >= 0.6 is 11.3 Å². The average Bonchev–Trinajstić information content (AvgIpc) is 3.37. The Labute approximate surface area is 160 Å². The molecule has 1 aliphatic heterocycles. The van der Waals surface area contributed by atoms with Crippen molar-refractivity contribution in [2.75, 3.05) is 36.0 Å². The molecule has 0 N–H and O–H groups in total. The van der Waals surface area contributed by atoms with Crippen molar-refractivity contribution in [2.45, 2.75) is 6.92 Å². The molecule has 0 aromatic carbocycles. The van der Waals surface area contributed by atoms with Crippen molar-refractivity contribution in [1.82, 2.24) is 25.0 Å². The molecule has 4 aromatic rings. The highest BCUT2D eigenvalue weighted by Crippen LogP contribution is 2.29. The van der Waals surface area contributed by atoms with Crippen LogP contribution in [0.5, 0.6) is 0 Å². The maximum absolute atomic E-state index is 4.62. The minimum atomic E-state index is 0.735. The fourth-order valence-corrected chi connectivity index (χ4v) is 4.21. The van der Waals surface area contributed by atoms with E-state index in [-0.39, 0.29) is 0 Å². The number of fused-ring (bicyclic) bond motifs is 1. The third-order valence-electron chi connectivity index (χ3n) is 4.86. The number of nitrogens with zero attached hydrogens (tertiary/aromatic N) is 7. The highest BCUT2D eigenvalue weighted by atomic mass is 32.1. The predicted octanol–water partition coefficient (Wildman–Crippen LogP) is 2.91. The van der Waals surface area contributed by atoms with Crippen molar-refractivity contribution in [3.63, 3.8) is 0 Å². The van der Waals surface area contributed by atoms with Crippen LogP contribution in [0.15, 0.2) is 48.1 Å². The molecule has 5 heterocycles. The quantitative estimate of drug-likeness (QED) is 0.547. The number of hydrogen-bond donors (Lipinski definition) is 0. The normalized spacial score (nSPS) is 14.9. The molecule has 1 saturated heterocycles. The van der Waals surface area contributed by atoms with Gasteiger partial charge >= 0.3 is 0 Å². The average molecular weight is 377 g/mol. The molecule has 8 heteroatoms. The van der Waals surface area contributed by atoms with Gasteiger partial charge in [-0.2, -0.15) is 5.10 Å². The first kappa shape index (κ1) is 16.2. The Kier molecular flexibility index (Phi) is 3.97. The lowest BCUT2D eigenvalue weighted by molar-refractivity contribution is 0.638. The fourth-order valence-electron chi connectivity index (χ4n) is 3.43. The van der Waals surface area contributed by atoms with Crippen LogP contribution in [0.2, 0.25) is 0 Å². The Bertz CT molecular complexity index is 1060. The standard InChI is InChI=1S/C19H19N7S/c1-14-5-8-26(23-14)18-3-2-17(21-22-18)24-9-11-25(12-10-24)19-15-6-13-27-16(15)4-7-20-19/h2-8,13H,9-12H2,1H3. The van der Waals surface area contributed by atoms with E-state index in [0.717, 1.165) is 49.3 Å². The van der Waals surface area contributed by atoms with Crippen LogP contribution in [0, 0.1) is 6.92 Å². The van der Waals surface area contributed by atoms with Crippen LogP contribution in [0.25, 0.3) is 15.9 Å². The Morgan fingerprint density at radius 2 is 1.67 bits per heavy atom. The first-order chi connectivity index (χ1) is 13.3. The summed E-state index contributed by atoms with van der Waals surface area (Å²) in [7, 11) is 0. The first-order valence-electron chi connectivity index (χ1n) is 8.96. The third kappa shape index (κ3) is 3.02. The van der Waals surface area contributed by atoms with E-state index in [2.05, 4.69) is 47.6 Å². The topological polar surface area (TPSA) is 63.0 Å². The number of thiophene rings is 1. The number of hydrogen-bond acceptors (Lipinski definition) is 7. The van der Waals surface area contributed by atoms with Crippen molar-refractivity contribution >= 4 is 33.1 Å². The van der Waals surface area contributed by atoms with E-state index in [0.29, 0.717) is 0 Å². The number of pyridine rings is 1. The van der Waals surface area contributed by atoms with E-state index in [9.17, 15) is 0 Å². The van der Waals surface area contributed by atoms with Gasteiger partial charge in [-0.25, -0.2) is 9.67 Å². The lowest BCUT2D eigenvalue weighted by Crippen LogP contribution is -2.47. The number of rotatable bonds is 3. The van der Waals surface area contributed by atoms with Crippen LogP contribution < -0.4 is 9.80 Å². The molecule has 0 radical (unpaired) electrons. The molecular weight excluding hydrogens is 358 g/mol. The summed E-state index contributed by atoms with van der Waals surface area (Å²) in [6.07, 6.45) is 3.80. The summed E-state index contributed by atoms with van der Waals surface area (Å²) < 4.78 is 3.04. The van der Waals surface area contributed by atoms with Gasteiger partial charge in [0.1, 0.15) is 5.82 Å². The molecule has 1 aliphatic rings. The molecule has 27 heavy (non-hydrogen) atoms. The SMILES string of the molecule is Cc1ccn(-c2ccc(N3CCN(c4nccc5sccc45)CC3)nn2)n1. The smallest absolute Gasteiger partial charge is 0.175 e. The summed E-state index contributed by atoms with van der Waals surface area (Å²) in [5.74, 6) is 2.73. The van der Waals surface area contributed by atoms with Gasteiger partial charge in [-0.05, 0) is 42.6 Å². The van der Waals surface area contributed by atoms with Gasteiger partial charge < -0.3 is 9.80 Å². The zero-order chi connectivity index (χ0) is 18.2. The second-order valence-corrected chi connectivity index (χ2v) is 7.54. The Morgan fingerprint density at radius 1 is 0.889 bits per heavy atom. The van der Waals surface area contributed by atoms with Crippen LogP contribution in [0.1, 0.15) is 5.69 Å². The molecule has 0 atom stereocenters. The predicted molar refractivity (Wildman–Crippen MR) is 108 cm³/mol. The molecule has 0 spiro atoms. The summed E-state index contributed by atoms with van der Waals surface area (Å²) in [6.45, 7) is 5.60. The molecule has 5 rings (SSSR count). The lowest BCUT2D eigenvalue weighted by atomic mass is 10.2. The summed E-state index contributed by atoms with van der Waals surface area (Å²) in [4.78, 5) is 9.26. The number of anilines is 2. The van der Waals surface area contributed by atoms with Gasteiger partial charge in [-0.3, -0.25) is 0 Å². The molecule has 0 unspecified atom stereocenters. The number of aromatic nitrogens is 5. The van der Waals surface area contributed by atoms with Crippen molar-refractivity contribution in [2.24, 2.45) is 0 Å². The van der Waals surface area contributed by atoms with E-state index < -0.39 is 0 Å². The fraction of sp³-hybridized carbons (Fsp3) is 0.263. The molecule has 0 amide bonds. The van der Waals surface area contributed by atoms with Crippen LogP contribution in [0.3, 0.4) is 0 Å². The molecule has 1 fully saturated rings. The van der Waals surface area contributed by atoms with Crippen molar-refractivity contribution in [3.8, 4) is 5.82 Å². The van der Waals surface area contributed by atoms with Crippen LogP contribution in [-0.2, 0) is 0 Å². The highest BCUT2D eigenvalue weighted by molar-refractivity contribution is 7.17. The maximum Gasteiger partial charge on any atom is 0.175 e. The Hall–Kier alpha value is -3.00. The molecule has 0 aliphatic carbocycles. The summed E-state index contributed by atoms with van der Waals surface area (Å²) >= 11 is 1.76. The van der Waals surface area contributed by atoms with Gasteiger partial charge in [0.2, 0.25) is 0 Å². The lowest BCUT2D eigenvalue weighted by Gasteiger charge is -2.36. The number of aryl methyl sites for hydroxylation is 1. The van der Waals surface area contributed by atoms with E-state index in [4.69, 9.17) is 0 Å². The Morgan fingerprint density at radius 3 is 2.41 bits per heavy atom. The summed E-state index contributed by atoms with van der Waals surface area (Å²) in [5.41, 5.74) is 0.964. The van der Waals surface area contributed by atoms with E-state index >= 15 is 0 Å². The van der Waals surface area contributed by atoms with Crippen molar-refractivity contribution in [3.05, 3.63) is 53.8 Å². The van der Waals surface area contributed by atoms with E-state index in [1.165, 1.54) is 10.1 Å². The van der Waals surface area contributed by atoms with Crippen molar-refractivity contribution < 1.29 is 0 Å². The van der Waals surface area contributed by atoms with Gasteiger partial charge in [0.25, 0.3) is 0 Å². The molecule has 7 nitrogen and oxygen atoms in total. The van der Waals surface area contributed by atoms with Crippen molar-refractivity contribution in [1.29, 1.82) is 0 Å². The second kappa shape index (κ2) is 6.62. The zero-order valence-corrected chi connectivity index (χ0v) is 15.8. The molecule has 136 valence electrons. The molecule has 4 aromatic heterocycles. The third-order valence-corrected chi connectivity index (χ3v) is 5.74. The molecule has 0 saturated carbocycles. The van der Waals surface area contributed by atoms with Gasteiger partial charge in [0.05, 0.1) is 5.69 Å². The van der Waals surface area contributed by atoms with Crippen LogP contribution in [-0.4, -0.2) is 51.1 Å². The second-order valence-electron chi connectivity index (χ2n) is 6.59. The first-order valence-corrected chi connectivity index (χ1v) is 9.84. The highest BCUT2D eigenvalue weighted by Gasteiger charge is 2.21. The zero-order valence-electron chi connectivity index (χ0n) is 15.0. The van der Waals surface area contributed by atoms with Gasteiger partial charge in [-0.1, -0.05) is 0 Å².